The summed E-state index contributed by atoms with van der Waals surface area (Å²) in [7, 11) is 1.70. The van der Waals surface area contributed by atoms with Crippen LogP contribution in [0.4, 0.5) is 5.82 Å². The second-order valence-electron chi connectivity index (χ2n) is 3.15. The first-order valence-electron chi connectivity index (χ1n) is 4.57. The molecule has 0 aliphatic carbocycles. The molecule has 0 atom stereocenters. The van der Waals surface area contributed by atoms with E-state index in [-0.39, 0.29) is 5.56 Å². The summed E-state index contributed by atoms with van der Waals surface area (Å²) in [6.45, 7) is 6.47. The molecule has 0 aliphatic rings. The fourth-order valence-corrected chi connectivity index (χ4v) is 0.953. The maximum Gasteiger partial charge on any atom is 0.293 e. The Bertz CT molecular complexity index is 381. The highest BCUT2D eigenvalue weighted by Crippen LogP contribution is 1.98. The lowest BCUT2D eigenvalue weighted by atomic mass is 10.2. The minimum atomic E-state index is -0.114. The number of nitrogens with one attached hydrogen (secondary N) is 1. The summed E-state index contributed by atoms with van der Waals surface area (Å²) in [6.07, 6.45) is 4.13. The van der Waals surface area contributed by atoms with E-state index in [9.17, 15) is 4.79 Å². The quantitative estimate of drug-likeness (QED) is 0.730. The number of aromatic nitrogens is 2. The van der Waals surface area contributed by atoms with Gasteiger partial charge in [-0.1, -0.05) is 19.1 Å². The lowest BCUT2D eigenvalue weighted by Crippen LogP contribution is -2.22. The van der Waals surface area contributed by atoms with Crippen molar-refractivity contribution in [2.24, 2.45) is 7.05 Å². The molecule has 1 N–H and O–H groups in total. The smallest absolute Gasteiger partial charge is 0.293 e. The van der Waals surface area contributed by atoms with Crippen molar-refractivity contribution >= 4 is 5.82 Å². The Labute approximate surface area is 83.3 Å². The molecule has 0 unspecified atom stereocenters. The van der Waals surface area contributed by atoms with E-state index in [2.05, 4.69) is 16.9 Å². The minimum absolute atomic E-state index is 0.114. The van der Waals surface area contributed by atoms with Crippen molar-refractivity contribution in [1.29, 1.82) is 0 Å². The Kier molecular flexibility index (Phi) is 3.45. The highest BCUT2D eigenvalue weighted by molar-refractivity contribution is 5.32. The van der Waals surface area contributed by atoms with Crippen LogP contribution in [0.5, 0.6) is 0 Å². The van der Waals surface area contributed by atoms with Crippen LogP contribution in [0.3, 0.4) is 0 Å². The van der Waals surface area contributed by atoms with E-state index in [0.29, 0.717) is 12.4 Å². The second kappa shape index (κ2) is 4.60. The summed E-state index contributed by atoms with van der Waals surface area (Å²) in [5.41, 5.74) is 0.939. The first-order valence-corrected chi connectivity index (χ1v) is 4.57. The van der Waals surface area contributed by atoms with Gasteiger partial charge in [-0.15, -0.1) is 0 Å². The van der Waals surface area contributed by atoms with Crippen molar-refractivity contribution in [2.45, 2.75) is 13.3 Å². The molecule has 4 nitrogen and oxygen atoms in total. The number of hydrogen-bond acceptors (Lipinski definition) is 3. The van der Waals surface area contributed by atoms with Crippen molar-refractivity contribution in [3.63, 3.8) is 0 Å². The maximum atomic E-state index is 11.5. The molecule has 76 valence electrons. The molecule has 1 rings (SSSR count). The van der Waals surface area contributed by atoms with Crippen LogP contribution in [-0.4, -0.2) is 16.1 Å². The highest BCUT2D eigenvalue weighted by atomic mass is 16.1. The van der Waals surface area contributed by atoms with E-state index in [1.807, 2.05) is 6.92 Å². The molecule has 0 aromatic carbocycles. The van der Waals surface area contributed by atoms with Gasteiger partial charge in [0.1, 0.15) is 0 Å². The maximum absolute atomic E-state index is 11.5. The summed E-state index contributed by atoms with van der Waals surface area (Å²) < 4.78 is 1.49. The van der Waals surface area contributed by atoms with Crippen molar-refractivity contribution in [1.82, 2.24) is 9.55 Å². The van der Waals surface area contributed by atoms with E-state index in [1.165, 1.54) is 4.57 Å². The van der Waals surface area contributed by atoms with Gasteiger partial charge in [-0.25, -0.2) is 4.98 Å². The van der Waals surface area contributed by atoms with E-state index < -0.39 is 0 Å². The molecule has 0 spiro atoms. The van der Waals surface area contributed by atoms with Gasteiger partial charge in [0.25, 0.3) is 5.56 Å². The van der Waals surface area contributed by atoms with Crippen molar-refractivity contribution in [3.05, 3.63) is 34.9 Å². The molecular weight excluding hydrogens is 178 g/mol. The average Bonchev–Trinajstić information content (AvgIpc) is 2.20. The lowest BCUT2D eigenvalue weighted by molar-refractivity contribution is 0.840. The molecule has 1 heterocycles. The standard InChI is InChI=1S/C10H15N3O/c1-4-8(2)7-12-9-10(14)13(3)6-5-11-9/h5-6H,2,4,7H2,1,3H3,(H,11,12). The Morgan fingerprint density at radius 1 is 1.71 bits per heavy atom. The van der Waals surface area contributed by atoms with E-state index >= 15 is 0 Å². The number of anilines is 1. The second-order valence-corrected chi connectivity index (χ2v) is 3.15. The zero-order valence-electron chi connectivity index (χ0n) is 8.58. The fraction of sp³-hybridized carbons (Fsp3) is 0.400. The van der Waals surface area contributed by atoms with E-state index in [0.717, 1.165) is 12.0 Å². The Morgan fingerprint density at radius 2 is 2.43 bits per heavy atom. The minimum Gasteiger partial charge on any atom is -0.362 e. The number of nitrogens with zero attached hydrogens (tertiary/aromatic N) is 2. The van der Waals surface area contributed by atoms with Crippen LogP contribution in [0.1, 0.15) is 13.3 Å². The largest absolute Gasteiger partial charge is 0.362 e. The van der Waals surface area contributed by atoms with Crippen LogP contribution in [0.15, 0.2) is 29.3 Å². The van der Waals surface area contributed by atoms with Gasteiger partial charge in [-0.2, -0.15) is 0 Å². The zero-order chi connectivity index (χ0) is 10.6. The molecule has 4 heteroatoms. The van der Waals surface area contributed by atoms with Gasteiger partial charge < -0.3 is 9.88 Å². The normalized spacial score (nSPS) is 9.86. The molecule has 0 bridgehead atoms. The average molecular weight is 193 g/mol. The highest BCUT2D eigenvalue weighted by Gasteiger charge is 2.00. The number of hydrogen-bond donors (Lipinski definition) is 1. The number of rotatable bonds is 4. The molecule has 0 radical (unpaired) electrons. The van der Waals surface area contributed by atoms with E-state index in [1.54, 1.807) is 19.4 Å². The van der Waals surface area contributed by atoms with Crippen LogP contribution in [0.25, 0.3) is 0 Å². The van der Waals surface area contributed by atoms with Crippen LogP contribution in [0, 0.1) is 0 Å². The molecule has 0 amide bonds. The third-order valence-corrected chi connectivity index (χ3v) is 2.02. The Morgan fingerprint density at radius 3 is 3.07 bits per heavy atom. The summed E-state index contributed by atoms with van der Waals surface area (Å²) in [5, 5.41) is 2.96. The predicted molar refractivity (Wildman–Crippen MR) is 57.4 cm³/mol. The Hall–Kier alpha value is -1.58. The molecule has 1 aromatic rings. The molecule has 14 heavy (non-hydrogen) atoms. The summed E-state index contributed by atoms with van der Waals surface area (Å²) in [5.74, 6) is 0.379. The summed E-state index contributed by atoms with van der Waals surface area (Å²) in [6, 6.07) is 0. The van der Waals surface area contributed by atoms with Gasteiger partial charge in [0, 0.05) is 26.0 Å². The summed E-state index contributed by atoms with van der Waals surface area (Å²) in [4.78, 5) is 15.4. The molecular formula is C10H15N3O. The number of aryl methyl sites for hydroxylation is 1. The monoisotopic (exact) mass is 193 g/mol. The fourth-order valence-electron chi connectivity index (χ4n) is 0.953. The molecule has 0 aliphatic heterocycles. The SMILES string of the molecule is C=C(CC)CNc1nccn(C)c1=O. The van der Waals surface area contributed by atoms with Crippen molar-refractivity contribution in [2.75, 3.05) is 11.9 Å². The van der Waals surface area contributed by atoms with Crippen LogP contribution in [0.2, 0.25) is 0 Å². The third-order valence-electron chi connectivity index (χ3n) is 2.02. The molecule has 0 fully saturated rings. The van der Waals surface area contributed by atoms with E-state index in [4.69, 9.17) is 0 Å². The van der Waals surface area contributed by atoms with Crippen molar-refractivity contribution in [3.8, 4) is 0 Å². The molecule has 0 saturated carbocycles. The summed E-state index contributed by atoms with van der Waals surface area (Å²) >= 11 is 0. The van der Waals surface area contributed by atoms with Gasteiger partial charge in [-0.3, -0.25) is 4.79 Å². The van der Waals surface area contributed by atoms with Crippen LogP contribution < -0.4 is 10.9 Å². The van der Waals surface area contributed by atoms with Gasteiger partial charge >= 0.3 is 0 Å². The van der Waals surface area contributed by atoms with Crippen LogP contribution in [-0.2, 0) is 7.05 Å². The molecule has 1 aromatic heterocycles. The lowest BCUT2D eigenvalue weighted by Gasteiger charge is -2.06. The zero-order valence-corrected chi connectivity index (χ0v) is 8.58. The Balaban J connectivity index is 2.73. The van der Waals surface area contributed by atoms with Gasteiger partial charge in [0.2, 0.25) is 0 Å². The third kappa shape index (κ3) is 2.45. The van der Waals surface area contributed by atoms with Gasteiger partial charge in [-0.05, 0) is 6.42 Å². The molecule has 0 saturated heterocycles. The van der Waals surface area contributed by atoms with Gasteiger partial charge in [0.05, 0.1) is 0 Å². The van der Waals surface area contributed by atoms with Gasteiger partial charge in [0.15, 0.2) is 5.82 Å². The first kappa shape index (κ1) is 10.5. The predicted octanol–water partition coefficient (Wildman–Crippen LogP) is 1.16. The first-order chi connectivity index (χ1) is 6.65. The van der Waals surface area contributed by atoms with Crippen molar-refractivity contribution < 1.29 is 0 Å². The topological polar surface area (TPSA) is 46.9 Å². The van der Waals surface area contributed by atoms with Crippen LogP contribution >= 0.6 is 0 Å².